The average Bonchev–Trinajstić information content (AvgIpc) is 3.43. The molecule has 0 saturated carbocycles. The summed E-state index contributed by atoms with van der Waals surface area (Å²) in [6, 6.07) is 13.8. The van der Waals surface area contributed by atoms with Crippen molar-refractivity contribution in [2.45, 2.75) is 6.61 Å². The van der Waals surface area contributed by atoms with Crippen molar-refractivity contribution in [1.29, 1.82) is 0 Å². The van der Waals surface area contributed by atoms with Crippen LogP contribution in [-0.2, 0) is 20.9 Å². The summed E-state index contributed by atoms with van der Waals surface area (Å²) in [6.07, 6.45) is 1.35. The van der Waals surface area contributed by atoms with Gasteiger partial charge in [-0.05, 0) is 54.6 Å². The van der Waals surface area contributed by atoms with Crippen LogP contribution < -0.4 is 10.4 Å². The van der Waals surface area contributed by atoms with Gasteiger partial charge in [-0.1, -0.05) is 6.07 Å². The Kier molecular flexibility index (Phi) is 3.99. The number of nitrogens with one attached hydrogen (secondary N) is 1. The van der Waals surface area contributed by atoms with E-state index < -0.39 is 17.6 Å². The second-order valence-electron chi connectivity index (χ2n) is 6.77. The number of hydrogen-bond donors (Lipinski definition) is 1. The zero-order valence-electron chi connectivity index (χ0n) is 15.3. The van der Waals surface area contributed by atoms with Gasteiger partial charge in [0.2, 0.25) is 0 Å². The van der Waals surface area contributed by atoms with Crippen LogP contribution in [0, 0.1) is 5.82 Å². The number of anilines is 1. The molecule has 2 aliphatic heterocycles. The van der Waals surface area contributed by atoms with E-state index in [2.05, 4.69) is 5.43 Å². The fraction of sp³-hybridized carbons (Fsp3) is 0.0455. The van der Waals surface area contributed by atoms with E-state index in [9.17, 15) is 18.8 Å². The van der Waals surface area contributed by atoms with Gasteiger partial charge in [-0.15, -0.1) is 0 Å². The van der Waals surface area contributed by atoms with Crippen molar-refractivity contribution in [3.05, 3.63) is 82.9 Å². The zero-order chi connectivity index (χ0) is 20.8. The van der Waals surface area contributed by atoms with Crippen molar-refractivity contribution >= 4 is 29.5 Å². The number of carbonyl (C=O) groups is 3. The molecule has 1 aromatic heterocycles. The summed E-state index contributed by atoms with van der Waals surface area (Å²) >= 11 is 0. The van der Waals surface area contributed by atoms with Gasteiger partial charge in [0.05, 0.1) is 11.3 Å². The molecule has 3 heterocycles. The lowest BCUT2D eigenvalue weighted by Gasteiger charge is -2.14. The van der Waals surface area contributed by atoms with Crippen molar-refractivity contribution < 1.29 is 27.9 Å². The molecule has 1 saturated heterocycles. The fourth-order valence-corrected chi connectivity index (χ4v) is 3.34. The van der Waals surface area contributed by atoms with Crippen molar-refractivity contribution in [2.24, 2.45) is 0 Å². The fourth-order valence-electron chi connectivity index (χ4n) is 3.34. The summed E-state index contributed by atoms with van der Waals surface area (Å²) in [5.41, 5.74) is 4.73. The molecule has 5 rings (SSSR count). The van der Waals surface area contributed by atoms with Crippen LogP contribution in [0.3, 0.4) is 0 Å². The maximum absolute atomic E-state index is 13.1. The second kappa shape index (κ2) is 6.70. The van der Waals surface area contributed by atoms with E-state index >= 15 is 0 Å². The predicted molar refractivity (Wildman–Crippen MR) is 103 cm³/mol. The Morgan fingerprint density at radius 3 is 2.60 bits per heavy atom. The Labute approximate surface area is 169 Å². The third-order valence-corrected chi connectivity index (χ3v) is 4.86. The zero-order valence-corrected chi connectivity index (χ0v) is 15.3. The summed E-state index contributed by atoms with van der Waals surface area (Å²) < 4.78 is 23.9. The Bertz CT molecular complexity index is 1240. The number of carbonyl (C=O) groups excluding carboxylic acids is 3. The minimum atomic E-state index is -0.588. The first-order chi connectivity index (χ1) is 14.5. The number of amides is 2. The normalized spacial score (nSPS) is 16.8. The number of benzene rings is 2. The molecule has 30 heavy (non-hydrogen) atoms. The molecule has 2 aromatic carbocycles. The van der Waals surface area contributed by atoms with Crippen LogP contribution in [0.15, 0.2) is 64.6 Å². The molecule has 0 spiro atoms. The maximum atomic E-state index is 13.1. The van der Waals surface area contributed by atoms with Crippen LogP contribution in [0.25, 0.3) is 17.4 Å². The summed E-state index contributed by atoms with van der Waals surface area (Å²) in [5, 5.41) is 1.05. The van der Waals surface area contributed by atoms with E-state index in [4.69, 9.17) is 9.15 Å². The lowest BCUT2D eigenvalue weighted by atomic mass is 10.0. The smallest absolute Gasteiger partial charge is 0.338 e. The van der Waals surface area contributed by atoms with Crippen molar-refractivity contribution in [1.82, 2.24) is 5.43 Å². The minimum Gasteiger partial charge on any atom is -0.457 e. The topological polar surface area (TPSA) is 88.9 Å². The molecule has 0 bridgehead atoms. The molecule has 2 aliphatic rings. The minimum absolute atomic E-state index is 0.104. The summed E-state index contributed by atoms with van der Waals surface area (Å²) in [6.45, 7) is 0.216. The Balaban J connectivity index is 1.41. The number of fused-ring (bicyclic) bond motifs is 1. The van der Waals surface area contributed by atoms with Gasteiger partial charge < -0.3 is 9.15 Å². The van der Waals surface area contributed by atoms with Crippen LogP contribution in [0.4, 0.5) is 10.1 Å². The lowest BCUT2D eigenvalue weighted by molar-refractivity contribution is -0.117. The van der Waals surface area contributed by atoms with Crippen LogP contribution in [-0.4, -0.2) is 17.8 Å². The monoisotopic (exact) mass is 404 g/mol. The van der Waals surface area contributed by atoms with E-state index in [1.807, 2.05) is 0 Å². The second-order valence-corrected chi connectivity index (χ2v) is 6.77. The summed E-state index contributed by atoms with van der Waals surface area (Å²) in [5.74, 6) is -1.12. The van der Waals surface area contributed by atoms with Crippen molar-refractivity contribution in [3.63, 3.8) is 0 Å². The molecule has 0 atom stereocenters. The van der Waals surface area contributed by atoms with Gasteiger partial charge in [0, 0.05) is 11.1 Å². The number of hydrogen-bond acceptors (Lipinski definition) is 5. The largest absolute Gasteiger partial charge is 0.457 e. The predicted octanol–water partition coefficient (Wildman–Crippen LogP) is 3.22. The van der Waals surface area contributed by atoms with E-state index in [0.717, 1.165) is 16.1 Å². The first-order valence-electron chi connectivity index (χ1n) is 9.02. The molecule has 7 nitrogen and oxygen atoms in total. The molecule has 0 radical (unpaired) electrons. The Morgan fingerprint density at radius 1 is 1.00 bits per heavy atom. The van der Waals surface area contributed by atoms with Gasteiger partial charge in [-0.2, -0.15) is 0 Å². The number of halogens is 1. The quantitative estimate of drug-likeness (QED) is 0.411. The number of esters is 1. The lowest BCUT2D eigenvalue weighted by Crippen LogP contribution is -2.35. The number of rotatable bonds is 3. The summed E-state index contributed by atoms with van der Waals surface area (Å²) in [4.78, 5) is 36.5. The van der Waals surface area contributed by atoms with Crippen LogP contribution in [0.1, 0.15) is 21.7 Å². The molecule has 1 fully saturated rings. The average molecular weight is 404 g/mol. The van der Waals surface area contributed by atoms with Crippen LogP contribution in [0.2, 0.25) is 0 Å². The van der Waals surface area contributed by atoms with Gasteiger partial charge in [0.1, 0.15) is 29.5 Å². The molecule has 2 amide bonds. The number of ether oxygens (including phenoxy) is 1. The number of cyclic esters (lactones) is 1. The standard InChI is InChI=1S/C22H13FN2O5/c23-14-2-4-15(5-3-14)25-21(27)18(20(26)24-25)10-16-6-8-19(30-16)12-1-7-17-13(9-12)11-29-22(17)28/h1-10H,11H2,(H,24,26)/b18-10+. The highest BCUT2D eigenvalue weighted by molar-refractivity contribution is 6.31. The highest BCUT2D eigenvalue weighted by Crippen LogP contribution is 2.29. The maximum Gasteiger partial charge on any atom is 0.338 e. The third-order valence-electron chi connectivity index (χ3n) is 4.86. The van der Waals surface area contributed by atoms with E-state index in [0.29, 0.717) is 22.8 Å². The number of furan rings is 1. The molecule has 1 N–H and O–H groups in total. The Hall–Kier alpha value is -4.20. The molecular weight excluding hydrogens is 391 g/mol. The highest BCUT2D eigenvalue weighted by atomic mass is 19.1. The van der Waals surface area contributed by atoms with E-state index in [1.165, 1.54) is 30.3 Å². The van der Waals surface area contributed by atoms with E-state index in [1.54, 1.807) is 30.3 Å². The van der Waals surface area contributed by atoms with Crippen LogP contribution >= 0.6 is 0 Å². The number of nitrogens with zero attached hydrogens (tertiary/aromatic N) is 1. The van der Waals surface area contributed by atoms with Crippen molar-refractivity contribution in [2.75, 3.05) is 5.01 Å². The molecule has 3 aromatic rings. The molecule has 0 aliphatic carbocycles. The third kappa shape index (κ3) is 2.95. The van der Waals surface area contributed by atoms with Gasteiger partial charge in [0.25, 0.3) is 11.8 Å². The van der Waals surface area contributed by atoms with Gasteiger partial charge in [0.15, 0.2) is 0 Å². The van der Waals surface area contributed by atoms with Crippen molar-refractivity contribution in [3.8, 4) is 11.3 Å². The molecule has 0 unspecified atom stereocenters. The SMILES string of the molecule is O=C1NN(c2ccc(F)cc2)C(=O)/C1=C/c1ccc(-c2ccc3c(c2)COC3=O)o1. The molecular formula is C22H13FN2O5. The molecule has 148 valence electrons. The van der Waals surface area contributed by atoms with Gasteiger partial charge >= 0.3 is 5.97 Å². The van der Waals surface area contributed by atoms with Crippen LogP contribution in [0.5, 0.6) is 0 Å². The first-order valence-corrected chi connectivity index (χ1v) is 9.02. The Morgan fingerprint density at radius 2 is 1.80 bits per heavy atom. The number of hydrazine groups is 1. The summed E-state index contributed by atoms with van der Waals surface area (Å²) in [7, 11) is 0. The van der Waals surface area contributed by atoms with Gasteiger partial charge in [-0.25, -0.2) is 14.2 Å². The van der Waals surface area contributed by atoms with Gasteiger partial charge in [-0.3, -0.25) is 15.0 Å². The highest BCUT2D eigenvalue weighted by Gasteiger charge is 2.34. The van der Waals surface area contributed by atoms with E-state index in [-0.39, 0.29) is 18.1 Å². The first kappa shape index (κ1) is 17.9. The molecule has 8 heteroatoms.